The van der Waals surface area contributed by atoms with Crippen LogP contribution in [-0.2, 0) is 174 Å². The third-order valence-corrected chi connectivity index (χ3v) is 19.3. The van der Waals surface area contributed by atoms with Gasteiger partial charge in [-0.05, 0) is 44.4 Å². The standard InChI is InChI=1S/C69H77N7O35S4/c70-75-73-49-53(96-34-42-21-9-2-10-22-42)51(95-33-41-19-7-1-8-20-41)47(39-101-112(82,83)84)103-65(49)107-58-56(99-37-45-27-15-5-16-28-45)62(111-115(91,92)93)68(109-60(58)64(79)80)105-52-48(40-102-113(85,86)87)104-66(50(74-76-71)54(52)97-35-43-23-11-3-12-24-43)106-57-55(98-36-44-25-13-4-14-26-44)61(110-114(88,89)90)67(108-59(57)63(77)78)94-32-31-72-69(81)100-38-46-29-17-6-18-30-46/h1-30,47-62,65-68H,31-40H2,(H,72,81)(H,77,78)(H,79,80)(H,82,83,84)(H,85,86,87)(H,88,89,90)(H,91,92,93)/t47-,48-,49-,50-,51-,52-,53-,54-,55+,56+,57+,58+,59-,60-,61-,62-,65-,66-,67-,68-/m1/s1. The van der Waals surface area contributed by atoms with Gasteiger partial charge in [0.25, 0.3) is 0 Å². The number of carbonyl (C=O) groups excluding carboxylic acids is 1. The maximum Gasteiger partial charge on any atom is 0.407 e. The molecule has 4 aliphatic heterocycles. The van der Waals surface area contributed by atoms with Crippen molar-refractivity contribution >= 4 is 59.6 Å². The molecule has 7 N–H and O–H groups in total. The Hall–Kier alpha value is -8.89. The van der Waals surface area contributed by atoms with Crippen molar-refractivity contribution in [3.63, 3.8) is 0 Å². The van der Waals surface area contributed by atoms with E-state index >= 15 is 0 Å². The molecule has 115 heavy (non-hydrogen) atoms. The third kappa shape index (κ3) is 26.8. The van der Waals surface area contributed by atoms with E-state index in [-0.39, 0.29) is 30.9 Å². The van der Waals surface area contributed by atoms with Crippen LogP contribution in [0.5, 0.6) is 0 Å². The first-order chi connectivity index (χ1) is 55.0. The lowest BCUT2D eigenvalue weighted by molar-refractivity contribution is -0.373. The normalized spacial score (nSPS) is 27.9. The molecule has 6 aromatic rings. The summed E-state index contributed by atoms with van der Waals surface area (Å²) in [6.07, 6.45) is -42.4. The summed E-state index contributed by atoms with van der Waals surface area (Å²) in [7, 11) is -22.7. The van der Waals surface area contributed by atoms with Gasteiger partial charge in [0.05, 0.1) is 52.9 Å². The van der Waals surface area contributed by atoms with Gasteiger partial charge in [0.1, 0.15) is 79.7 Å². The first kappa shape index (κ1) is 88.5. The fourth-order valence-electron chi connectivity index (χ4n) is 12.5. The van der Waals surface area contributed by atoms with Crippen molar-refractivity contribution in [2.24, 2.45) is 10.2 Å². The fourth-order valence-corrected chi connectivity index (χ4v) is 14.1. The first-order valence-corrected chi connectivity index (χ1v) is 40.0. The average Bonchev–Trinajstić information content (AvgIpc) is 0.731. The lowest BCUT2D eigenvalue weighted by Gasteiger charge is -2.51. The molecule has 4 aliphatic rings. The molecule has 1 amide bonds. The predicted molar refractivity (Wildman–Crippen MR) is 384 cm³/mol. The van der Waals surface area contributed by atoms with Crippen molar-refractivity contribution in [2.75, 3.05) is 26.4 Å². The molecule has 0 bridgehead atoms. The Morgan fingerprint density at radius 3 is 1.03 bits per heavy atom. The van der Waals surface area contributed by atoms with Crippen LogP contribution in [0.3, 0.4) is 0 Å². The zero-order valence-electron chi connectivity index (χ0n) is 59.8. The van der Waals surface area contributed by atoms with Crippen LogP contribution in [0.4, 0.5) is 4.79 Å². The highest BCUT2D eigenvalue weighted by Gasteiger charge is 2.61. The van der Waals surface area contributed by atoms with Gasteiger partial charge in [0.15, 0.2) is 49.6 Å². The number of hydrogen-bond donors (Lipinski definition) is 7. The molecule has 4 heterocycles. The monoisotopic (exact) mass is 1690 g/mol. The molecule has 622 valence electrons. The Morgan fingerprint density at radius 2 is 0.687 bits per heavy atom. The summed E-state index contributed by atoms with van der Waals surface area (Å²) in [4.78, 5) is 46.6. The number of aliphatic carboxylic acids is 2. The van der Waals surface area contributed by atoms with Gasteiger partial charge in [-0.2, -0.15) is 33.7 Å². The smallest absolute Gasteiger partial charge is 0.407 e. The van der Waals surface area contributed by atoms with Gasteiger partial charge < -0.3 is 81.8 Å². The van der Waals surface area contributed by atoms with Crippen LogP contribution >= 0.6 is 0 Å². The van der Waals surface area contributed by atoms with Crippen molar-refractivity contribution in [2.45, 2.75) is 162 Å². The zero-order chi connectivity index (χ0) is 82.3. The van der Waals surface area contributed by atoms with Crippen molar-refractivity contribution in [1.82, 2.24) is 5.32 Å². The van der Waals surface area contributed by atoms with E-state index in [2.05, 4.69) is 25.4 Å². The van der Waals surface area contributed by atoms with Crippen LogP contribution in [0, 0.1) is 0 Å². The lowest BCUT2D eigenvalue weighted by Crippen LogP contribution is -2.69. The summed E-state index contributed by atoms with van der Waals surface area (Å²) in [5.41, 5.74) is 23.4. The molecule has 0 spiro atoms. The van der Waals surface area contributed by atoms with Crippen LogP contribution in [0.25, 0.3) is 20.9 Å². The molecule has 0 aliphatic carbocycles. The minimum absolute atomic E-state index is 0.175. The van der Waals surface area contributed by atoms with E-state index in [9.17, 15) is 87.5 Å². The van der Waals surface area contributed by atoms with Gasteiger partial charge in [-0.1, -0.05) is 192 Å². The number of nitrogens with one attached hydrogen (secondary N) is 1. The molecule has 6 aromatic carbocycles. The Kier molecular flexibility index (Phi) is 32.2. The summed E-state index contributed by atoms with van der Waals surface area (Å²) >= 11 is 0. The zero-order valence-corrected chi connectivity index (χ0v) is 63.0. The Balaban J connectivity index is 1.06. The average molecular weight is 1690 g/mol. The van der Waals surface area contributed by atoms with Crippen molar-refractivity contribution < 1.29 is 160 Å². The third-order valence-electron chi connectivity index (χ3n) is 17.5. The van der Waals surface area contributed by atoms with Crippen molar-refractivity contribution in [3.8, 4) is 0 Å². The summed E-state index contributed by atoms with van der Waals surface area (Å²) in [5.74, 6) is -4.02. The number of amides is 1. The van der Waals surface area contributed by atoms with E-state index in [4.69, 9.17) is 83.0 Å². The second-order valence-electron chi connectivity index (χ2n) is 25.4. The molecule has 42 nitrogen and oxygen atoms in total. The molecular weight excluding hydrogens is 1620 g/mol. The van der Waals surface area contributed by atoms with E-state index < -0.39 is 229 Å². The van der Waals surface area contributed by atoms with Crippen molar-refractivity contribution in [3.05, 3.63) is 236 Å². The molecule has 0 saturated carbocycles. The topological polar surface area (TPSA) is 585 Å². The molecule has 4 saturated heterocycles. The molecule has 0 radical (unpaired) electrons. The van der Waals surface area contributed by atoms with Gasteiger partial charge >= 0.3 is 59.6 Å². The summed E-state index contributed by atoms with van der Waals surface area (Å²) in [5, 5.41) is 32.7. The van der Waals surface area contributed by atoms with Gasteiger partial charge in [-0.25, -0.2) is 31.1 Å². The first-order valence-electron chi connectivity index (χ1n) is 34.5. The Bertz CT molecular complexity index is 4700. The Morgan fingerprint density at radius 1 is 0.374 bits per heavy atom. The number of nitrogens with zero attached hydrogens (tertiary/aromatic N) is 6. The summed E-state index contributed by atoms with van der Waals surface area (Å²) in [6.45, 7) is -6.49. The summed E-state index contributed by atoms with van der Waals surface area (Å²) < 4.78 is 252. The van der Waals surface area contributed by atoms with E-state index in [0.29, 0.717) is 22.3 Å². The van der Waals surface area contributed by atoms with Crippen LogP contribution in [-0.4, -0.2) is 229 Å². The number of carbonyl (C=O) groups is 3. The number of benzene rings is 6. The van der Waals surface area contributed by atoms with Crippen LogP contribution in [0.1, 0.15) is 33.4 Å². The van der Waals surface area contributed by atoms with Crippen molar-refractivity contribution in [1.29, 1.82) is 0 Å². The minimum atomic E-state index is -5.99. The molecular formula is C69H77N7O35S4. The van der Waals surface area contributed by atoms with Gasteiger partial charge in [0.2, 0.25) is 0 Å². The van der Waals surface area contributed by atoms with Crippen LogP contribution in [0.2, 0.25) is 0 Å². The maximum atomic E-state index is 14.2. The van der Waals surface area contributed by atoms with Gasteiger partial charge in [-0.3, -0.25) is 18.2 Å². The molecule has 4 fully saturated rings. The predicted octanol–water partition coefficient (Wildman–Crippen LogP) is 5.45. The quantitative estimate of drug-likeness (QED) is 0.00824. The highest BCUT2D eigenvalue weighted by molar-refractivity contribution is 7.81. The molecule has 10 rings (SSSR count). The highest BCUT2D eigenvalue weighted by Crippen LogP contribution is 2.41. The SMILES string of the molecule is [N-]=[N+]=N[C@H]1[C@@H](O[C@H]2[C@H](OCc3ccccc3)[C@@H](OS(=O)(=O)O)[C@H](O[C@H]3[C@H](OCc4ccccc4)[C@@H](N=[N+]=[N-])[C@@H](O[C@H]4[C@H](OCc5ccccc5)[C@@H](OS(=O)(=O)O)[C@H](OCCNC(=O)OCc5ccccc5)O[C@H]4C(=O)O)O[C@@H]3COS(=O)(=O)O)O[C@H]2C(=O)O)O[C@H](COS(=O)(=O)O)[C@@H](OCc2ccccc2)[C@@H]1OCc1ccccc1. The number of ether oxygens (including phenoxy) is 14. The van der Waals surface area contributed by atoms with Gasteiger partial charge in [-0.15, -0.1) is 0 Å². The lowest BCUT2D eigenvalue weighted by atomic mass is 9.94. The maximum absolute atomic E-state index is 14.2. The van der Waals surface area contributed by atoms with E-state index in [0.717, 1.165) is 0 Å². The minimum Gasteiger partial charge on any atom is -0.479 e. The fraction of sp³-hybridized carbons (Fsp3) is 0.435. The number of hydrogen-bond acceptors (Lipinski definition) is 31. The van der Waals surface area contributed by atoms with E-state index in [1.54, 1.807) is 121 Å². The van der Waals surface area contributed by atoms with E-state index in [1.165, 1.54) is 60.7 Å². The molecule has 46 heteroatoms. The number of azide groups is 2. The largest absolute Gasteiger partial charge is 0.479 e. The van der Waals surface area contributed by atoms with E-state index in [1.807, 2.05) is 0 Å². The van der Waals surface area contributed by atoms with Crippen LogP contribution in [0.15, 0.2) is 192 Å². The summed E-state index contributed by atoms with van der Waals surface area (Å²) in [6, 6.07) is 43.8. The second kappa shape index (κ2) is 41.8. The van der Waals surface area contributed by atoms with Crippen LogP contribution < -0.4 is 5.32 Å². The van der Waals surface area contributed by atoms with Gasteiger partial charge in [0, 0.05) is 16.4 Å². The number of rotatable bonds is 41. The molecule has 0 aromatic heterocycles. The number of alkyl carbamates (subject to hydrolysis) is 1. The molecule has 0 unspecified atom stereocenters. The Labute approximate surface area is 656 Å². The molecule has 20 atom stereocenters. The highest BCUT2D eigenvalue weighted by atomic mass is 32.3. The number of carboxylic acid groups (broad SMARTS) is 2. The second-order valence-corrected chi connectivity index (χ2v) is 29.7. The number of carboxylic acids is 2.